The Morgan fingerprint density at radius 3 is 2.33 bits per heavy atom. The number of hydrogen-bond acceptors (Lipinski definition) is 5. The number of anilines is 1. The molecule has 8 nitrogen and oxygen atoms in total. The molecule has 2 aromatic rings. The molecule has 1 amide bonds. The maximum absolute atomic E-state index is 12.6. The first kappa shape index (κ1) is 20.4. The molecule has 0 aromatic heterocycles. The van der Waals surface area contributed by atoms with Crippen LogP contribution in [0.25, 0.3) is 0 Å². The molecule has 2 N–H and O–H groups in total. The van der Waals surface area contributed by atoms with Crippen molar-refractivity contribution in [2.24, 2.45) is 0 Å². The number of sulfonamides is 1. The van der Waals surface area contributed by atoms with E-state index in [-0.39, 0.29) is 29.0 Å². The predicted octanol–water partition coefficient (Wildman–Crippen LogP) is 2.77. The molecule has 0 aliphatic heterocycles. The SMILES string of the molecule is Cc1ccc([N+](=O)[O-])cc1S(=O)(=O)Nc1ccc(CC(=O)NC(C)C)cc1. The predicted molar refractivity (Wildman–Crippen MR) is 102 cm³/mol. The summed E-state index contributed by atoms with van der Waals surface area (Å²) in [6, 6.07) is 10.1. The van der Waals surface area contributed by atoms with Crippen molar-refractivity contribution in [1.82, 2.24) is 5.32 Å². The summed E-state index contributed by atoms with van der Waals surface area (Å²) < 4.78 is 27.6. The van der Waals surface area contributed by atoms with Crippen molar-refractivity contribution >= 4 is 27.3 Å². The van der Waals surface area contributed by atoms with Gasteiger partial charge in [-0.15, -0.1) is 0 Å². The van der Waals surface area contributed by atoms with Gasteiger partial charge in [0.2, 0.25) is 5.91 Å². The molecule has 0 unspecified atom stereocenters. The van der Waals surface area contributed by atoms with E-state index < -0.39 is 14.9 Å². The minimum atomic E-state index is -3.99. The van der Waals surface area contributed by atoms with Gasteiger partial charge >= 0.3 is 0 Å². The summed E-state index contributed by atoms with van der Waals surface area (Å²) in [6.07, 6.45) is 0.190. The normalized spacial score (nSPS) is 11.3. The van der Waals surface area contributed by atoms with Crippen molar-refractivity contribution in [1.29, 1.82) is 0 Å². The smallest absolute Gasteiger partial charge is 0.270 e. The molecule has 2 aromatic carbocycles. The number of aryl methyl sites for hydroxylation is 1. The van der Waals surface area contributed by atoms with Crippen molar-refractivity contribution in [3.05, 3.63) is 63.7 Å². The summed E-state index contributed by atoms with van der Waals surface area (Å²) in [5.41, 5.74) is 1.14. The zero-order valence-corrected chi connectivity index (χ0v) is 16.0. The molecule has 2 rings (SSSR count). The van der Waals surface area contributed by atoms with Crippen LogP contribution in [0.15, 0.2) is 47.4 Å². The van der Waals surface area contributed by atoms with Gasteiger partial charge in [0.25, 0.3) is 15.7 Å². The summed E-state index contributed by atoms with van der Waals surface area (Å²) in [5, 5.41) is 13.7. The van der Waals surface area contributed by atoms with Crippen molar-refractivity contribution in [3.8, 4) is 0 Å². The van der Waals surface area contributed by atoms with Crippen LogP contribution in [0.5, 0.6) is 0 Å². The minimum Gasteiger partial charge on any atom is -0.354 e. The van der Waals surface area contributed by atoms with E-state index in [2.05, 4.69) is 10.0 Å². The first-order valence-electron chi connectivity index (χ1n) is 8.24. The van der Waals surface area contributed by atoms with Crippen LogP contribution in [0, 0.1) is 17.0 Å². The quantitative estimate of drug-likeness (QED) is 0.556. The zero-order chi connectivity index (χ0) is 20.2. The van der Waals surface area contributed by atoms with Crippen LogP contribution >= 0.6 is 0 Å². The van der Waals surface area contributed by atoms with Crippen molar-refractivity contribution in [2.75, 3.05) is 4.72 Å². The van der Waals surface area contributed by atoms with Gasteiger partial charge in [-0.2, -0.15) is 0 Å². The van der Waals surface area contributed by atoms with Gasteiger partial charge in [-0.1, -0.05) is 18.2 Å². The van der Waals surface area contributed by atoms with E-state index in [9.17, 15) is 23.3 Å². The lowest BCUT2D eigenvalue weighted by Crippen LogP contribution is -2.31. The molecule has 0 radical (unpaired) electrons. The highest BCUT2D eigenvalue weighted by atomic mass is 32.2. The monoisotopic (exact) mass is 391 g/mol. The third-order valence-corrected chi connectivity index (χ3v) is 5.22. The van der Waals surface area contributed by atoms with Crippen molar-refractivity contribution in [2.45, 2.75) is 38.1 Å². The molecule has 0 fully saturated rings. The number of nitro groups is 1. The average molecular weight is 391 g/mol. The Morgan fingerprint density at radius 2 is 1.78 bits per heavy atom. The molecular formula is C18H21N3O5S. The maximum Gasteiger partial charge on any atom is 0.270 e. The van der Waals surface area contributed by atoms with Crippen LogP contribution in [-0.4, -0.2) is 25.3 Å². The summed E-state index contributed by atoms with van der Waals surface area (Å²) >= 11 is 0. The van der Waals surface area contributed by atoms with E-state index >= 15 is 0 Å². The highest BCUT2D eigenvalue weighted by Crippen LogP contribution is 2.24. The lowest BCUT2D eigenvalue weighted by Gasteiger charge is -2.11. The number of carbonyl (C=O) groups excluding carboxylic acids is 1. The largest absolute Gasteiger partial charge is 0.354 e. The van der Waals surface area contributed by atoms with Gasteiger partial charge in [0.15, 0.2) is 0 Å². The summed E-state index contributed by atoms with van der Waals surface area (Å²) in [7, 11) is -3.99. The Kier molecular flexibility index (Phi) is 6.17. The van der Waals surface area contributed by atoms with E-state index in [0.717, 1.165) is 11.6 Å². The summed E-state index contributed by atoms with van der Waals surface area (Å²) in [5.74, 6) is -0.120. The van der Waals surface area contributed by atoms with Crippen LogP contribution in [0.3, 0.4) is 0 Å². The Balaban J connectivity index is 2.18. The third kappa shape index (κ3) is 5.52. The second-order valence-corrected chi connectivity index (χ2v) is 8.06. The lowest BCUT2D eigenvalue weighted by atomic mass is 10.1. The van der Waals surface area contributed by atoms with Gasteiger partial charge in [-0.25, -0.2) is 8.42 Å². The van der Waals surface area contributed by atoms with Crippen LogP contribution in [0.2, 0.25) is 0 Å². The van der Waals surface area contributed by atoms with Crippen LogP contribution in [-0.2, 0) is 21.2 Å². The van der Waals surface area contributed by atoms with Gasteiger partial charge in [0.1, 0.15) is 0 Å². The number of amides is 1. The molecule has 0 saturated heterocycles. The highest BCUT2D eigenvalue weighted by Gasteiger charge is 2.20. The number of hydrogen-bond donors (Lipinski definition) is 2. The number of rotatable bonds is 7. The Hall–Kier alpha value is -2.94. The number of nitrogens with zero attached hydrogens (tertiary/aromatic N) is 1. The van der Waals surface area contributed by atoms with E-state index in [1.54, 1.807) is 31.2 Å². The average Bonchev–Trinajstić information content (AvgIpc) is 2.55. The molecular weight excluding hydrogens is 370 g/mol. The number of nitro benzene ring substituents is 1. The zero-order valence-electron chi connectivity index (χ0n) is 15.2. The van der Waals surface area contributed by atoms with E-state index in [1.807, 2.05) is 13.8 Å². The van der Waals surface area contributed by atoms with Crippen molar-refractivity contribution < 1.29 is 18.1 Å². The molecule has 0 aliphatic carbocycles. The number of carbonyl (C=O) groups is 1. The Labute approximate surface area is 157 Å². The van der Waals surface area contributed by atoms with E-state index in [4.69, 9.17) is 0 Å². The molecule has 144 valence electrons. The lowest BCUT2D eigenvalue weighted by molar-refractivity contribution is -0.385. The van der Waals surface area contributed by atoms with Gasteiger partial charge in [0.05, 0.1) is 16.2 Å². The maximum atomic E-state index is 12.6. The first-order valence-corrected chi connectivity index (χ1v) is 9.73. The molecule has 0 aliphatic rings. The second-order valence-electron chi connectivity index (χ2n) is 6.41. The Morgan fingerprint density at radius 1 is 1.15 bits per heavy atom. The summed E-state index contributed by atoms with van der Waals surface area (Å²) in [6.45, 7) is 5.30. The number of non-ortho nitro benzene ring substituents is 1. The number of benzene rings is 2. The van der Waals surface area contributed by atoms with Crippen molar-refractivity contribution in [3.63, 3.8) is 0 Å². The van der Waals surface area contributed by atoms with Crippen LogP contribution in [0.4, 0.5) is 11.4 Å². The van der Waals surface area contributed by atoms with Gasteiger partial charge < -0.3 is 5.32 Å². The Bertz CT molecular complexity index is 953. The van der Waals surface area contributed by atoms with E-state index in [0.29, 0.717) is 11.3 Å². The topological polar surface area (TPSA) is 118 Å². The molecule has 0 heterocycles. The fraction of sp³-hybridized carbons (Fsp3) is 0.278. The first-order chi connectivity index (χ1) is 12.6. The molecule has 0 saturated carbocycles. The molecule has 0 atom stereocenters. The van der Waals surface area contributed by atoms with Crippen LogP contribution < -0.4 is 10.0 Å². The number of nitrogens with one attached hydrogen (secondary N) is 2. The third-order valence-electron chi connectivity index (χ3n) is 3.69. The van der Waals surface area contributed by atoms with Gasteiger partial charge in [-0.3, -0.25) is 19.6 Å². The minimum absolute atomic E-state index is 0.0433. The second kappa shape index (κ2) is 8.17. The fourth-order valence-corrected chi connectivity index (χ4v) is 3.78. The molecule has 9 heteroatoms. The van der Waals surface area contributed by atoms with Crippen LogP contribution in [0.1, 0.15) is 25.0 Å². The molecule has 27 heavy (non-hydrogen) atoms. The van der Waals surface area contributed by atoms with E-state index in [1.165, 1.54) is 12.1 Å². The summed E-state index contributed by atoms with van der Waals surface area (Å²) in [4.78, 5) is 21.9. The fourth-order valence-electron chi connectivity index (χ4n) is 2.45. The van der Waals surface area contributed by atoms with Gasteiger partial charge in [0, 0.05) is 23.9 Å². The van der Waals surface area contributed by atoms with Gasteiger partial charge in [-0.05, 0) is 44.0 Å². The highest BCUT2D eigenvalue weighted by molar-refractivity contribution is 7.92. The molecule has 0 bridgehead atoms. The molecule has 0 spiro atoms. The standard InChI is InChI=1S/C18H21N3O5S/c1-12(2)19-18(22)10-14-5-7-15(8-6-14)20-27(25,26)17-11-16(21(23)24)9-4-13(17)3/h4-9,11-12,20H,10H2,1-3H3,(H,19,22).